The number of aliphatic hydroxyl groups is 1. The van der Waals surface area contributed by atoms with Crippen LogP contribution in [0.25, 0.3) is 0 Å². The van der Waals surface area contributed by atoms with Gasteiger partial charge in [0.1, 0.15) is 0 Å². The molecule has 0 aliphatic rings. The average Bonchev–Trinajstić information content (AvgIpc) is 2.52. The van der Waals surface area contributed by atoms with Crippen LogP contribution in [0.5, 0.6) is 0 Å². The highest BCUT2D eigenvalue weighted by Gasteiger charge is 2.11. The SMILES string of the molecule is C=CC(C)NCc1c(C)nn(CCO)c1C. The molecule has 0 spiro atoms. The Morgan fingerprint density at radius 3 is 2.81 bits per heavy atom. The van der Waals surface area contributed by atoms with Crippen LogP contribution < -0.4 is 5.32 Å². The quantitative estimate of drug-likeness (QED) is 0.711. The van der Waals surface area contributed by atoms with Crippen molar-refractivity contribution in [3.63, 3.8) is 0 Å². The molecule has 4 nitrogen and oxygen atoms in total. The molecule has 1 atom stereocenters. The van der Waals surface area contributed by atoms with Crippen molar-refractivity contribution in [2.45, 2.75) is 39.9 Å². The fraction of sp³-hybridized carbons (Fsp3) is 0.583. The van der Waals surface area contributed by atoms with Gasteiger partial charge in [-0.15, -0.1) is 6.58 Å². The second-order valence-electron chi connectivity index (χ2n) is 4.00. The van der Waals surface area contributed by atoms with Crippen molar-refractivity contribution in [1.29, 1.82) is 0 Å². The molecule has 2 N–H and O–H groups in total. The van der Waals surface area contributed by atoms with Gasteiger partial charge in [-0.1, -0.05) is 6.08 Å². The predicted molar refractivity (Wildman–Crippen MR) is 65.3 cm³/mol. The first-order valence-electron chi connectivity index (χ1n) is 5.59. The van der Waals surface area contributed by atoms with Crippen LogP contribution in [0.4, 0.5) is 0 Å². The van der Waals surface area contributed by atoms with Gasteiger partial charge in [-0.25, -0.2) is 0 Å². The van der Waals surface area contributed by atoms with E-state index < -0.39 is 0 Å². The van der Waals surface area contributed by atoms with Crippen molar-refractivity contribution in [1.82, 2.24) is 15.1 Å². The number of nitrogens with zero attached hydrogens (tertiary/aromatic N) is 2. The normalized spacial score (nSPS) is 12.8. The summed E-state index contributed by atoms with van der Waals surface area (Å²) in [4.78, 5) is 0. The molecule has 0 bridgehead atoms. The highest BCUT2D eigenvalue weighted by Crippen LogP contribution is 2.12. The van der Waals surface area contributed by atoms with Crippen LogP contribution in [0.2, 0.25) is 0 Å². The molecule has 4 heteroatoms. The van der Waals surface area contributed by atoms with Crippen LogP contribution in [0.1, 0.15) is 23.9 Å². The van der Waals surface area contributed by atoms with Gasteiger partial charge >= 0.3 is 0 Å². The summed E-state index contributed by atoms with van der Waals surface area (Å²) in [5.41, 5.74) is 3.35. The van der Waals surface area contributed by atoms with Gasteiger partial charge in [0.25, 0.3) is 0 Å². The Labute approximate surface area is 97.0 Å². The van der Waals surface area contributed by atoms with E-state index in [-0.39, 0.29) is 6.61 Å². The highest BCUT2D eigenvalue weighted by molar-refractivity contribution is 5.24. The second kappa shape index (κ2) is 5.82. The summed E-state index contributed by atoms with van der Waals surface area (Å²) in [7, 11) is 0. The molecule has 0 saturated heterocycles. The molecule has 1 rings (SSSR count). The summed E-state index contributed by atoms with van der Waals surface area (Å²) in [5, 5.41) is 16.7. The molecule has 16 heavy (non-hydrogen) atoms. The van der Waals surface area contributed by atoms with E-state index in [0.717, 1.165) is 17.9 Å². The predicted octanol–water partition coefficient (Wildman–Crippen LogP) is 1.16. The lowest BCUT2D eigenvalue weighted by Gasteiger charge is -2.09. The van der Waals surface area contributed by atoms with Crippen molar-refractivity contribution in [3.05, 3.63) is 29.6 Å². The first-order chi connectivity index (χ1) is 7.60. The van der Waals surface area contributed by atoms with Gasteiger partial charge in [0, 0.05) is 23.8 Å². The minimum absolute atomic E-state index is 0.123. The molecule has 0 amide bonds. The van der Waals surface area contributed by atoms with Crippen molar-refractivity contribution in [3.8, 4) is 0 Å². The van der Waals surface area contributed by atoms with Gasteiger partial charge in [0.05, 0.1) is 18.8 Å². The van der Waals surface area contributed by atoms with Crippen LogP contribution >= 0.6 is 0 Å². The Kier molecular flexibility index (Phi) is 4.71. The van der Waals surface area contributed by atoms with E-state index >= 15 is 0 Å². The number of aliphatic hydroxyl groups excluding tert-OH is 1. The minimum atomic E-state index is 0.123. The zero-order valence-electron chi connectivity index (χ0n) is 10.3. The Morgan fingerprint density at radius 2 is 2.25 bits per heavy atom. The highest BCUT2D eigenvalue weighted by atomic mass is 16.3. The molecule has 0 aromatic carbocycles. The molecule has 0 radical (unpaired) electrons. The van der Waals surface area contributed by atoms with Gasteiger partial charge in [-0.3, -0.25) is 4.68 Å². The van der Waals surface area contributed by atoms with Crippen LogP contribution in [-0.2, 0) is 13.1 Å². The van der Waals surface area contributed by atoms with E-state index in [9.17, 15) is 0 Å². The summed E-state index contributed by atoms with van der Waals surface area (Å²) in [6.45, 7) is 11.3. The molecule has 1 aromatic heterocycles. The molecule has 1 aromatic rings. The van der Waals surface area contributed by atoms with Gasteiger partial charge in [-0.2, -0.15) is 5.10 Å². The Balaban J connectivity index is 2.75. The summed E-state index contributed by atoms with van der Waals surface area (Å²) in [5.74, 6) is 0. The Bertz CT molecular complexity index is 357. The summed E-state index contributed by atoms with van der Waals surface area (Å²) >= 11 is 0. The summed E-state index contributed by atoms with van der Waals surface area (Å²) in [6.07, 6.45) is 1.88. The summed E-state index contributed by atoms with van der Waals surface area (Å²) < 4.78 is 1.85. The average molecular weight is 223 g/mol. The van der Waals surface area contributed by atoms with Crippen LogP contribution in [0, 0.1) is 13.8 Å². The molecular formula is C12H21N3O. The van der Waals surface area contributed by atoms with Crippen LogP contribution in [0.15, 0.2) is 12.7 Å². The maximum Gasteiger partial charge on any atom is 0.0644 e. The number of hydrogen-bond donors (Lipinski definition) is 2. The Morgan fingerprint density at radius 1 is 1.56 bits per heavy atom. The molecule has 1 heterocycles. The first-order valence-corrected chi connectivity index (χ1v) is 5.59. The zero-order chi connectivity index (χ0) is 12.1. The lowest BCUT2D eigenvalue weighted by molar-refractivity contribution is 0.267. The molecule has 0 aliphatic heterocycles. The van der Waals surface area contributed by atoms with Crippen molar-refractivity contribution in [2.75, 3.05) is 6.61 Å². The minimum Gasteiger partial charge on any atom is -0.394 e. The second-order valence-corrected chi connectivity index (χ2v) is 4.00. The van der Waals surface area contributed by atoms with Crippen molar-refractivity contribution >= 4 is 0 Å². The topological polar surface area (TPSA) is 50.1 Å². The number of aryl methyl sites for hydroxylation is 1. The Hall–Kier alpha value is -1.13. The van der Waals surface area contributed by atoms with Gasteiger partial charge < -0.3 is 10.4 Å². The third-order valence-electron chi connectivity index (χ3n) is 2.80. The smallest absolute Gasteiger partial charge is 0.0644 e. The number of aromatic nitrogens is 2. The monoisotopic (exact) mass is 223 g/mol. The molecule has 0 fully saturated rings. The maximum atomic E-state index is 8.91. The van der Waals surface area contributed by atoms with E-state index in [1.54, 1.807) is 0 Å². The maximum absolute atomic E-state index is 8.91. The van der Waals surface area contributed by atoms with E-state index in [4.69, 9.17) is 5.11 Å². The van der Waals surface area contributed by atoms with E-state index in [1.807, 2.05) is 24.6 Å². The lowest BCUT2D eigenvalue weighted by Crippen LogP contribution is -2.23. The molecule has 1 unspecified atom stereocenters. The fourth-order valence-electron chi connectivity index (χ4n) is 1.65. The number of nitrogens with one attached hydrogen (secondary N) is 1. The van der Waals surface area contributed by atoms with Crippen molar-refractivity contribution < 1.29 is 5.11 Å². The van der Waals surface area contributed by atoms with Gasteiger partial charge in [0.15, 0.2) is 0 Å². The largest absolute Gasteiger partial charge is 0.394 e. The first kappa shape index (κ1) is 12.9. The summed E-state index contributed by atoms with van der Waals surface area (Å²) in [6, 6.07) is 0.292. The van der Waals surface area contributed by atoms with Gasteiger partial charge in [0.2, 0.25) is 0 Å². The molecule has 0 saturated carbocycles. The van der Waals surface area contributed by atoms with Gasteiger partial charge in [-0.05, 0) is 20.8 Å². The van der Waals surface area contributed by atoms with E-state index in [2.05, 4.69) is 23.9 Å². The van der Waals surface area contributed by atoms with Crippen LogP contribution in [-0.4, -0.2) is 27.5 Å². The third-order valence-corrected chi connectivity index (χ3v) is 2.80. The fourth-order valence-corrected chi connectivity index (χ4v) is 1.65. The van der Waals surface area contributed by atoms with Crippen LogP contribution in [0.3, 0.4) is 0 Å². The van der Waals surface area contributed by atoms with E-state index in [1.165, 1.54) is 5.56 Å². The molecule has 0 aliphatic carbocycles. The lowest BCUT2D eigenvalue weighted by atomic mass is 10.2. The standard InChI is InChI=1S/C12H21N3O/c1-5-9(2)13-8-12-10(3)14-15(6-7-16)11(12)4/h5,9,13,16H,1,6-8H2,2-4H3. The molecular weight excluding hydrogens is 202 g/mol. The zero-order valence-corrected chi connectivity index (χ0v) is 10.3. The molecule has 90 valence electrons. The number of hydrogen-bond acceptors (Lipinski definition) is 3. The van der Waals surface area contributed by atoms with Crippen molar-refractivity contribution in [2.24, 2.45) is 0 Å². The number of rotatable bonds is 6. The van der Waals surface area contributed by atoms with E-state index in [0.29, 0.717) is 12.6 Å². The third kappa shape index (κ3) is 2.93.